The topological polar surface area (TPSA) is 87.2 Å². The van der Waals surface area contributed by atoms with Crippen molar-refractivity contribution in [2.24, 2.45) is 11.3 Å². The van der Waals surface area contributed by atoms with Gasteiger partial charge in [-0.2, -0.15) is 0 Å². The lowest BCUT2D eigenvalue weighted by atomic mass is 9.81. The average molecular weight is 356 g/mol. The van der Waals surface area contributed by atoms with Crippen LogP contribution in [0.1, 0.15) is 15.9 Å². The maximum atomic E-state index is 12.9. The first-order valence-electron chi connectivity index (χ1n) is 8.64. The molecule has 0 unspecified atom stereocenters. The Hall–Kier alpha value is -2.83. The lowest BCUT2D eigenvalue weighted by Crippen LogP contribution is -2.42. The highest BCUT2D eigenvalue weighted by atomic mass is 16.5. The summed E-state index contributed by atoms with van der Waals surface area (Å²) in [6.45, 7) is 4.83. The van der Waals surface area contributed by atoms with E-state index in [0.29, 0.717) is 18.7 Å². The molecule has 2 fully saturated rings. The Bertz CT molecular complexity index is 820. The summed E-state index contributed by atoms with van der Waals surface area (Å²) in [5, 5.41) is 9.82. The fourth-order valence-electron chi connectivity index (χ4n) is 4.28. The van der Waals surface area contributed by atoms with Crippen LogP contribution in [0.15, 0.2) is 30.9 Å². The third kappa shape index (κ3) is 2.30. The number of fused-ring (bicyclic) bond motifs is 2. The molecule has 3 heterocycles. The van der Waals surface area contributed by atoms with E-state index in [2.05, 4.69) is 6.58 Å². The van der Waals surface area contributed by atoms with Crippen molar-refractivity contribution < 1.29 is 24.2 Å². The van der Waals surface area contributed by atoms with E-state index in [9.17, 15) is 19.5 Å². The van der Waals surface area contributed by atoms with E-state index in [0.717, 1.165) is 17.7 Å². The SMILES string of the molecule is C=CCN1C[C@]2(C(=O)O)CN(C(=O)c3ccc4c(c3)CCO4)C[C@@H]2C1=O. The number of hydrogen-bond donors (Lipinski definition) is 1. The van der Waals surface area contributed by atoms with Crippen molar-refractivity contribution in [2.45, 2.75) is 6.42 Å². The number of ether oxygens (including phenoxy) is 1. The van der Waals surface area contributed by atoms with Crippen molar-refractivity contribution in [1.29, 1.82) is 0 Å². The molecule has 1 aromatic carbocycles. The Morgan fingerprint density at radius 2 is 2.19 bits per heavy atom. The minimum atomic E-state index is -1.24. The number of rotatable bonds is 4. The summed E-state index contributed by atoms with van der Waals surface area (Å²) < 4.78 is 5.45. The second-order valence-corrected chi connectivity index (χ2v) is 7.13. The standard InChI is InChI=1S/C19H20N2O5/c1-2-6-20-10-19(18(24)25)11-21(9-14(19)17(20)23)16(22)13-3-4-15-12(8-13)5-7-26-15/h2-4,8,14H,1,5-7,9-11H2,(H,24,25)/t14-,19+/m1/s1. The zero-order valence-corrected chi connectivity index (χ0v) is 14.3. The first-order chi connectivity index (χ1) is 12.5. The summed E-state index contributed by atoms with van der Waals surface area (Å²) in [7, 11) is 0. The number of carbonyl (C=O) groups excluding carboxylic acids is 2. The summed E-state index contributed by atoms with van der Waals surface area (Å²) >= 11 is 0. The minimum absolute atomic E-state index is 0.0405. The van der Waals surface area contributed by atoms with Crippen LogP contribution < -0.4 is 4.74 Å². The molecular formula is C19H20N2O5. The van der Waals surface area contributed by atoms with Crippen molar-refractivity contribution >= 4 is 17.8 Å². The van der Waals surface area contributed by atoms with Crippen molar-refractivity contribution in [3.05, 3.63) is 42.0 Å². The Labute approximate surface area is 150 Å². The Morgan fingerprint density at radius 1 is 1.38 bits per heavy atom. The summed E-state index contributed by atoms with van der Waals surface area (Å²) in [5.41, 5.74) is 0.247. The second-order valence-electron chi connectivity index (χ2n) is 7.13. The van der Waals surface area contributed by atoms with E-state index in [1.807, 2.05) is 0 Å². The zero-order valence-electron chi connectivity index (χ0n) is 14.3. The van der Waals surface area contributed by atoms with Crippen molar-refractivity contribution in [3.8, 4) is 5.75 Å². The normalized spacial score (nSPS) is 26.5. The summed E-state index contributed by atoms with van der Waals surface area (Å²) in [6, 6.07) is 5.27. The fourth-order valence-corrected chi connectivity index (χ4v) is 4.28. The molecule has 7 heteroatoms. The monoisotopic (exact) mass is 356 g/mol. The van der Waals surface area contributed by atoms with Gasteiger partial charge in [-0.15, -0.1) is 6.58 Å². The molecule has 0 aliphatic carbocycles. The number of carbonyl (C=O) groups is 3. The molecule has 0 spiro atoms. The summed E-state index contributed by atoms with van der Waals surface area (Å²) in [6.07, 6.45) is 2.34. The van der Waals surface area contributed by atoms with Crippen LogP contribution in [0.3, 0.4) is 0 Å². The third-order valence-electron chi connectivity index (χ3n) is 5.62. The smallest absolute Gasteiger partial charge is 0.314 e. The van der Waals surface area contributed by atoms with Crippen LogP contribution in [0.5, 0.6) is 5.75 Å². The number of amides is 2. The van der Waals surface area contributed by atoms with Gasteiger partial charge >= 0.3 is 5.97 Å². The highest BCUT2D eigenvalue weighted by Crippen LogP contribution is 2.44. The van der Waals surface area contributed by atoms with Crippen LogP contribution in [0, 0.1) is 11.3 Å². The molecule has 26 heavy (non-hydrogen) atoms. The van der Waals surface area contributed by atoms with E-state index < -0.39 is 17.3 Å². The molecule has 2 atom stereocenters. The first-order valence-corrected chi connectivity index (χ1v) is 8.64. The number of benzene rings is 1. The third-order valence-corrected chi connectivity index (χ3v) is 5.62. The van der Waals surface area contributed by atoms with Gasteiger partial charge in [0, 0.05) is 38.2 Å². The van der Waals surface area contributed by atoms with Gasteiger partial charge in [-0.25, -0.2) is 0 Å². The largest absolute Gasteiger partial charge is 0.493 e. The van der Waals surface area contributed by atoms with E-state index in [4.69, 9.17) is 4.74 Å². The van der Waals surface area contributed by atoms with E-state index in [1.165, 1.54) is 9.80 Å². The molecule has 4 rings (SSSR count). The number of carboxylic acid groups (broad SMARTS) is 1. The lowest BCUT2D eigenvalue weighted by Gasteiger charge is -2.25. The van der Waals surface area contributed by atoms with Crippen LogP contribution in [-0.2, 0) is 16.0 Å². The molecule has 136 valence electrons. The Balaban J connectivity index is 1.59. The summed E-state index contributed by atoms with van der Waals surface area (Å²) in [4.78, 5) is 40.5. The Morgan fingerprint density at radius 3 is 2.88 bits per heavy atom. The minimum Gasteiger partial charge on any atom is -0.493 e. The molecule has 0 aromatic heterocycles. The first kappa shape index (κ1) is 16.6. The molecule has 1 aromatic rings. The van der Waals surface area contributed by atoms with Crippen LogP contribution in [0.25, 0.3) is 0 Å². The lowest BCUT2D eigenvalue weighted by molar-refractivity contribution is -0.149. The zero-order chi connectivity index (χ0) is 18.5. The molecule has 2 saturated heterocycles. The maximum Gasteiger partial charge on any atom is 0.314 e. The van der Waals surface area contributed by atoms with Crippen molar-refractivity contribution in [3.63, 3.8) is 0 Å². The molecule has 0 radical (unpaired) electrons. The van der Waals surface area contributed by atoms with Crippen molar-refractivity contribution in [2.75, 3.05) is 32.8 Å². The van der Waals surface area contributed by atoms with Gasteiger partial charge in [-0.05, 0) is 23.8 Å². The van der Waals surface area contributed by atoms with Crippen molar-refractivity contribution in [1.82, 2.24) is 9.80 Å². The highest BCUT2D eigenvalue weighted by molar-refractivity contribution is 5.98. The van der Waals surface area contributed by atoms with E-state index in [1.54, 1.807) is 24.3 Å². The molecule has 7 nitrogen and oxygen atoms in total. The quantitative estimate of drug-likeness (QED) is 0.806. The number of carboxylic acids is 1. The van der Waals surface area contributed by atoms with Gasteiger partial charge in [0.05, 0.1) is 12.5 Å². The van der Waals surface area contributed by atoms with Gasteiger partial charge in [0.2, 0.25) is 5.91 Å². The van der Waals surface area contributed by atoms with Gasteiger partial charge in [0.15, 0.2) is 0 Å². The van der Waals surface area contributed by atoms with E-state index >= 15 is 0 Å². The molecule has 0 saturated carbocycles. The Kier molecular flexibility index (Phi) is 3.75. The van der Waals surface area contributed by atoms with Gasteiger partial charge in [-0.3, -0.25) is 14.4 Å². The van der Waals surface area contributed by atoms with E-state index in [-0.39, 0.29) is 31.4 Å². The van der Waals surface area contributed by atoms with Crippen LogP contribution in [0.2, 0.25) is 0 Å². The molecule has 2 amide bonds. The molecule has 3 aliphatic heterocycles. The van der Waals surface area contributed by atoms with Crippen LogP contribution in [-0.4, -0.2) is 65.5 Å². The predicted octanol–water partition coefficient (Wildman–Crippen LogP) is 0.793. The summed E-state index contributed by atoms with van der Waals surface area (Å²) in [5.74, 6) is -1.40. The average Bonchev–Trinajstić information content (AvgIpc) is 3.29. The molecule has 1 N–H and O–H groups in total. The van der Waals surface area contributed by atoms with Crippen LogP contribution in [0.4, 0.5) is 0 Å². The molecule has 0 bridgehead atoms. The molecular weight excluding hydrogens is 336 g/mol. The van der Waals surface area contributed by atoms with Gasteiger partial charge in [-0.1, -0.05) is 6.08 Å². The van der Waals surface area contributed by atoms with Gasteiger partial charge in [0.1, 0.15) is 11.2 Å². The highest BCUT2D eigenvalue weighted by Gasteiger charge is 2.62. The maximum absolute atomic E-state index is 12.9. The van der Waals surface area contributed by atoms with Gasteiger partial charge in [0.25, 0.3) is 5.91 Å². The fraction of sp³-hybridized carbons (Fsp3) is 0.421. The second kappa shape index (κ2) is 5.86. The molecule has 3 aliphatic rings. The number of nitrogens with zero attached hydrogens (tertiary/aromatic N) is 2. The van der Waals surface area contributed by atoms with Gasteiger partial charge < -0.3 is 19.6 Å². The van der Waals surface area contributed by atoms with Crippen LogP contribution >= 0.6 is 0 Å². The number of aliphatic carboxylic acids is 1. The number of hydrogen-bond acceptors (Lipinski definition) is 4. The number of likely N-dealkylation sites (tertiary alicyclic amines) is 2. The predicted molar refractivity (Wildman–Crippen MR) is 91.9 cm³/mol.